The second kappa shape index (κ2) is 8.54. The van der Waals surface area contributed by atoms with Gasteiger partial charge in [0.25, 0.3) is 5.89 Å². The number of nitrogens with one attached hydrogen (secondary N) is 1. The molecule has 0 saturated heterocycles. The molecular formula is C20H15BrFN5O3. The SMILES string of the molecule is O=C(CN1N=C(c2nc(-c3ccccc3)no2)CCC1=O)Nc1ccc(Br)cc1F. The number of benzene rings is 2. The van der Waals surface area contributed by atoms with Gasteiger partial charge in [0.05, 0.1) is 5.69 Å². The predicted octanol–water partition coefficient (Wildman–Crippen LogP) is 3.60. The fourth-order valence-corrected chi connectivity index (χ4v) is 3.17. The van der Waals surface area contributed by atoms with Crippen molar-refractivity contribution in [2.75, 3.05) is 11.9 Å². The molecule has 0 spiro atoms. The van der Waals surface area contributed by atoms with Crippen molar-refractivity contribution in [3.63, 3.8) is 0 Å². The summed E-state index contributed by atoms with van der Waals surface area (Å²) < 4.78 is 19.7. The average molecular weight is 472 g/mol. The van der Waals surface area contributed by atoms with Crippen molar-refractivity contribution in [1.29, 1.82) is 0 Å². The zero-order valence-corrected chi connectivity index (χ0v) is 17.1. The Morgan fingerprint density at radius 2 is 2.00 bits per heavy atom. The maximum Gasteiger partial charge on any atom is 0.274 e. The number of aromatic nitrogens is 2. The molecule has 1 aliphatic heterocycles. The van der Waals surface area contributed by atoms with Gasteiger partial charge in [-0.2, -0.15) is 10.1 Å². The molecule has 2 aromatic carbocycles. The van der Waals surface area contributed by atoms with Gasteiger partial charge in [0.2, 0.25) is 17.6 Å². The lowest BCUT2D eigenvalue weighted by atomic mass is 10.1. The van der Waals surface area contributed by atoms with Crippen LogP contribution in [0.15, 0.2) is 62.6 Å². The van der Waals surface area contributed by atoms with E-state index in [9.17, 15) is 14.0 Å². The highest BCUT2D eigenvalue weighted by atomic mass is 79.9. The van der Waals surface area contributed by atoms with Crippen LogP contribution in [0.3, 0.4) is 0 Å². The van der Waals surface area contributed by atoms with Crippen LogP contribution in [-0.2, 0) is 9.59 Å². The summed E-state index contributed by atoms with van der Waals surface area (Å²) in [7, 11) is 0. The summed E-state index contributed by atoms with van der Waals surface area (Å²) in [6, 6.07) is 13.5. The van der Waals surface area contributed by atoms with Crippen LogP contribution in [0.4, 0.5) is 10.1 Å². The van der Waals surface area contributed by atoms with Crippen LogP contribution < -0.4 is 5.32 Å². The van der Waals surface area contributed by atoms with E-state index in [1.54, 1.807) is 6.07 Å². The van der Waals surface area contributed by atoms with E-state index in [-0.39, 0.29) is 30.5 Å². The third-order valence-electron chi connectivity index (χ3n) is 4.31. The number of carbonyl (C=O) groups excluding carboxylic acids is 2. The first-order chi connectivity index (χ1) is 14.5. The molecular weight excluding hydrogens is 457 g/mol. The smallest absolute Gasteiger partial charge is 0.274 e. The number of hydrazone groups is 1. The Kier molecular flexibility index (Phi) is 5.66. The summed E-state index contributed by atoms with van der Waals surface area (Å²) >= 11 is 3.15. The molecule has 0 fully saturated rings. The molecule has 1 aliphatic rings. The van der Waals surface area contributed by atoms with Gasteiger partial charge in [0.1, 0.15) is 18.1 Å². The normalized spacial score (nSPS) is 13.9. The molecule has 8 nitrogen and oxygen atoms in total. The van der Waals surface area contributed by atoms with Crippen molar-refractivity contribution in [2.24, 2.45) is 5.10 Å². The van der Waals surface area contributed by atoms with E-state index in [1.807, 2.05) is 30.3 Å². The average Bonchev–Trinajstić information content (AvgIpc) is 3.23. The molecule has 0 atom stereocenters. The third-order valence-corrected chi connectivity index (χ3v) is 4.80. The quantitative estimate of drug-likeness (QED) is 0.612. The largest absolute Gasteiger partial charge is 0.332 e. The summed E-state index contributed by atoms with van der Waals surface area (Å²) in [6.45, 7) is -0.364. The summed E-state index contributed by atoms with van der Waals surface area (Å²) in [5.74, 6) is -0.907. The van der Waals surface area contributed by atoms with Gasteiger partial charge in [-0.15, -0.1) is 0 Å². The number of hydrogen-bond donors (Lipinski definition) is 1. The molecule has 0 radical (unpaired) electrons. The van der Waals surface area contributed by atoms with Crippen molar-refractivity contribution in [3.8, 4) is 11.4 Å². The summed E-state index contributed by atoms with van der Waals surface area (Å²) in [5.41, 5.74) is 1.21. The fraction of sp³-hybridized carbons (Fsp3) is 0.150. The Morgan fingerprint density at radius 1 is 1.20 bits per heavy atom. The third kappa shape index (κ3) is 4.43. The number of carbonyl (C=O) groups is 2. The van der Waals surface area contributed by atoms with E-state index in [0.717, 1.165) is 10.6 Å². The lowest BCUT2D eigenvalue weighted by molar-refractivity contribution is -0.135. The van der Waals surface area contributed by atoms with Gasteiger partial charge in [-0.1, -0.05) is 51.4 Å². The van der Waals surface area contributed by atoms with E-state index in [1.165, 1.54) is 12.1 Å². The zero-order valence-electron chi connectivity index (χ0n) is 15.5. The minimum atomic E-state index is -0.591. The molecule has 0 bridgehead atoms. The van der Waals surface area contributed by atoms with E-state index >= 15 is 0 Å². The molecule has 0 saturated carbocycles. The number of hydrogen-bond acceptors (Lipinski definition) is 6. The summed E-state index contributed by atoms with van der Waals surface area (Å²) in [4.78, 5) is 28.8. The monoisotopic (exact) mass is 471 g/mol. The highest BCUT2D eigenvalue weighted by molar-refractivity contribution is 9.10. The fourth-order valence-electron chi connectivity index (χ4n) is 2.84. The molecule has 3 aromatic rings. The van der Waals surface area contributed by atoms with Crippen LogP contribution in [0, 0.1) is 5.82 Å². The number of rotatable bonds is 5. The number of halogens is 2. The maximum atomic E-state index is 13.9. The van der Waals surface area contributed by atoms with Crippen molar-refractivity contribution < 1.29 is 18.5 Å². The second-order valence-corrected chi connectivity index (χ2v) is 7.38. The van der Waals surface area contributed by atoms with Gasteiger partial charge in [-0.3, -0.25) is 9.59 Å². The van der Waals surface area contributed by atoms with E-state index in [2.05, 4.69) is 36.5 Å². The molecule has 152 valence electrons. The standard InChI is InChI=1S/C20H15BrFN5O3/c21-13-6-7-15(14(22)10-13)23-17(28)11-27-18(29)9-8-16(25-27)20-24-19(26-30-20)12-4-2-1-3-5-12/h1-7,10H,8-9,11H2,(H,23,28). The minimum Gasteiger partial charge on any atom is -0.332 e. The Bertz CT molecular complexity index is 1130. The number of nitrogens with zero attached hydrogens (tertiary/aromatic N) is 4. The molecule has 1 N–H and O–H groups in total. The van der Waals surface area contributed by atoms with Crippen molar-refractivity contribution >= 4 is 39.1 Å². The summed E-state index contributed by atoms with van der Waals surface area (Å²) in [5, 5.41) is 11.6. The Morgan fingerprint density at radius 3 is 2.77 bits per heavy atom. The topological polar surface area (TPSA) is 101 Å². The van der Waals surface area contributed by atoms with Crippen LogP contribution in [0.25, 0.3) is 11.4 Å². The van der Waals surface area contributed by atoms with Crippen LogP contribution >= 0.6 is 15.9 Å². The minimum absolute atomic E-state index is 0.0151. The first-order valence-corrected chi connectivity index (χ1v) is 9.81. The second-order valence-electron chi connectivity index (χ2n) is 6.46. The van der Waals surface area contributed by atoms with Crippen molar-refractivity contribution in [3.05, 3.63) is 64.7 Å². The Hall–Kier alpha value is -3.40. The molecule has 0 unspecified atom stereocenters. The van der Waals surface area contributed by atoms with Crippen molar-refractivity contribution in [2.45, 2.75) is 12.8 Å². The molecule has 2 heterocycles. The molecule has 10 heteroatoms. The lowest BCUT2D eigenvalue weighted by Gasteiger charge is -2.21. The first kappa shape index (κ1) is 19.9. The maximum absolute atomic E-state index is 13.9. The van der Waals surface area contributed by atoms with E-state index in [0.29, 0.717) is 22.4 Å². The Labute approximate surface area is 178 Å². The lowest BCUT2D eigenvalue weighted by Crippen LogP contribution is -2.38. The van der Waals surface area contributed by atoms with Crippen LogP contribution in [0.5, 0.6) is 0 Å². The molecule has 2 amide bonds. The van der Waals surface area contributed by atoms with Crippen LogP contribution in [0.1, 0.15) is 18.7 Å². The van der Waals surface area contributed by atoms with E-state index < -0.39 is 11.7 Å². The van der Waals surface area contributed by atoms with Gasteiger partial charge in [-0.05, 0) is 18.2 Å². The van der Waals surface area contributed by atoms with Crippen molar-refractivity contribution in [1.82, 2.24) is 15.1 Å². The van der Waals surface area contributed by atoms with Crippen LogP contribution in [-0.4, -0.2) is 39.2 Å². The molecule has 1 aromatic heterocycles. The first-order valence-electron chi connectivity index (χ1n) is 9.02. The Balaban J connectivity index is 1.48. The van der Waals surface area contributed by atoms with E-state index in [4.69, 9.17) is 4.52 Å². The number of anilines is 1. The predicted molar refractivity (Wildman–Crippen MR) is 110 cm³/mol. The van der Waals surface area contributed by atoms with Gasteiger partial charge in [0.15, 0.2) is 0 Å². The van der Waals surface area contributed by atoms with Gasteiger partial charge in [0, 0.05) is 22.9 Å². The highest BCUT2D eigenvalue weighted by Gasteiger charge is 2.26. The van der Waals surface area contributed by atoms with Gasteiger partial charge in [-0.25, -0.2) is 9.40 Å². The summed E-state index contributed by atoms with van der Waals surface area (Å²) in [6.07, 6.45) is 0.455. The molecule has 4 rings (SSSR count). The highest BCUT2D eigenvalue weighted by Crippen LogP contribution is 2.21. The zero-order chi connectivity index (χ0) is 21.1. The molecule has 30 heavy (non-hydrogen) atoms. The number of amides is 2. The van der Waals surface area contributed by atoms with Crippen LogP contribution in [0.2, 0.25) is 0 Å². The molecule has 0 aliphatic carbocycles. The van der Waals surface area contributed by atoms with Gasteiger partial charge < -0.3 is 9.84 Å². The van der Waals surface area contributed by atoms with Gasteiger partial charge >= 0.3 is 0 Å².